The zero-order valence-electron chi connectivity index (χ0n) is 23.0. The highest BCUT2D eigenvalue weighted by Gasteiger charge is 2.23. The van der Waals surface area contributed by atoms with Crippen molar-refractivity contribution in [3.63, 3.8) is 0 Å². The number of nitrogens with zero attached hydrogens (tertiary/aromatic N) is 2. The number of aromatic nitrogens is 2. The van der Waals surface area contributed by atoms with E-state index in [1.165, 1.54) is 45.4 Å². The number of carbonyl (C=O) groups excluding carboxylic acids is 3. The van der Waals surface area contributed by atoms with Crippen molar-refractivity contribution in [3.8, 4) is 5.75 Å². The number of ether oxygens (including phenoxy) is 1. The van der Waals surface area contributed by atoms with Crippen LogP contribution < -0.4 is 4.74 Å². The fourth-order valence-electron chi connectivity index (χ4n) is 3.89. The highest BCUT2D eigenvalue weighted by molar-refractivity contribution is 5.98. The van der Waals surface area contributed by atoms with E-state index in [4.69, 9.17) is 4.74 Å². The van der Waals surface area contributed by atoms with E-state index in [1.807, 2.05) is 0 Å². The first-order valence-corrected chi connectivity index (χ1v) is 12.5. The van der Waals surface area contributed by atoms with Crippen LogP contribution >= 0.6 is 0 Å². The molecule has 0 fully saturated rings. The number of ketones is 3. The fraction of sp³-hybridized carbons (Fsp3) is 0.323. The van der Waals surface area contributed by atoms with Crippen molar-refractivity contribution < 1.29 is 28.6 Å². The van der Waals surface area contributed by atoms with E-state index in [0.717, 1.165) is 5.56 Å². The van der Waals surface area contributed by atoms with Gasteiger partial charge >= 0.3 is 0 Å². The van der Waals surface area contributed by atoms with Crippen LogP contribution in [-0.2, 0) is 14.4 Å². The normalized spacial score (nSPS) is 14.5. The van der Waals surface area contributed by atoms with E-state index in [-0.39, 0.29) is 35.8 Å². The molecule has 1 aromatic heterocycles. The Morgan fingerprint density at radius 1 is 1.10 bits per heavy atom. The predicted molar refractivity (Wildman–Crippen MR) is 148 cm³/mol. The van der Waals surface area contributed by atoms with Crippen LogP contribution in [0.4, 0.5) is 4.39 Å². The second-order valence-corrected chi connectivity index (χ2v) is 9.44. The van der Waals surface area contributed by atoms with E-state index in [9.17, 15) is 23.9 Å². The maximum absolute atomic E-state index is 14.0. The second kappa shape index (κ2) is 14.8. The standard InChI is InChI=1S/C31H35FN2O5/c1-19(26-11-12-33-34-18-26)7-8-25(23(5)36)14-24(15-29(37)21(3)13-20(2)22(4)35)16-30(38)28-17-27(32)9-10-31(28)39-6/h7-14,17-18,20,24,30,38H,1,15-16H2,2-6H3/b8-7+,21-13-,25-14-. The molecule has 8 heteroatoms. The van der Waals surface area contributed by atoms with E-state index < -0.39 is 23.8 Å². The molecule has 0 aliphatic rings. The molecule has 1 heterocycles. The number of Topliss-reactive ketones (excluding diaryl/α,β-unsaturated/α-hetero) is 3. The Labute approximate surface area is 228 Å². The Hall–Kier alpha value is -4.04. The molecule has 0 saturated carbocycles. The lowest BCUT2D eigenvalue weighted by Gasteiger charge is -2.20. The van der Waals surface area contributed by atoms with Gasteiger partial charge in [-0.3, -0.25) is 14.4 Å². The molecule has 0 aliphatic carbocycles. The second-order valence-electron chi connectivity index (χ2n) is 9.44. The zero-order valence-corrected chi connectivity index (χ0v) is 23.0. The van der Waals surface area contributed by atoms with Gasteiger partial charge < -0.3 is 9.84 Å². The molecule has 7 nitrogen and oxygen atoms in total. The molecule has 2 rings (SSSR count). The summed E-state index contributed by atoms with van der Waals surface area (Å²) in [6, 6.07) is 5.57. The number of aliphatic hydroxyl groups excluding tert-OH is 1. The van der Waals surface area contributed by atoms with Crippen molar-refractivity contribution in [2.45, 2.75) is 46.6 Å². The van der Waals surface area contributed by atoms with Crippen molar-refractivity contribution in [2.24, 2.45) is 11.8 Å². The third-order valence-electron chi connectivity index (χ3n) is 6.35. The molecule has 39 heavy (non-hydrogen) atoms. The number of hydrogen-bond acceptors (Lipinski definition) is 7. The molecule has 0 aliphatic heterocycles. The number of benzene rings is 1. The van der Waals surface area contributed by atoms with Crippen LogP contribution in [0.1, 0.15) is 57.8 Å². The van der Waals surface area contributed by atoms with Gasteiger partial charge in [0.05, 0.1) is 25.6 Å². The molecule has 0 saturated heterocycles. The molecule has 1 aromatic carbocycles. The number of hydrogen-bond donors (Lipinski definition) is 1. The summed E-state index contributed by atoms with van der Waals surface area (Å²) in [7, 11) is 1.42. The lowest BCUT2D eigenvalue weighted by atomic mass is 9.88. The summed E-state index contributed by atoms with van der Waals surface area (Å²) in [6.45, 7) is 10.2. The van der Waals surface area contributed by atoms with E-state index in [0.29, 0.717) is 22.5 Å². The van der Waals surface area contributed by atoms with Gasteiger partial charge in [0.25, 0.3) is 0 Å². The number of aliphatic hydroxyl groups is 1. The number of rotatable bonds is 14. The van der Waals surface area contributed by atoms with Crippen LogP contribution in [0.3, 0.4) is 0 Å². The van der Waals surface area contributed by atoms with Crippen LogP contribution in [0.2, 0.25) is 0 Å². The minimum absolute atomic E-state index is 0.0148. The molecule has 3 unspecified atom stereocenters. The quantitative estimate of drug-likeness (QED) is 0.249. The highest BCUT2D eigenvalue weighted by atomic mass is 19.1. The molecular formula is C31H35FN2O5. The van der Waals surface area contributed by atoms with Gasteiger partial charge in [-0.15, -0.1) is 0 Å². The average Bonchev–Trinajstić information content (AvgIpc) is 2.90. The van der Waals surface area contributed by atoms with Gasteiger partial charge in [0.15, 0.2) is 11.6 Å². The largest absolute Gasteiger partial charge is 0.496 e. The summed E-state index contributed by atoms with van der Waals surface area (Å²) in [6.07, 6.45) is 8.37. The highest BCUT2D eigenvalue weighted by Crippen LogP contribution is 2.32. The lowest BCUT2D eigenvalue weighted by Crippen LogP contribution is -2.15. The smallest absolute Gasteiger partial charge is 0.159 e. The van der Waals surface area contributed by atoms with Crippen LogP contribution in [0, 0.1) is 17.7 Å². The molecular weight excluding hydrogens is 499 g/mol. The fourth-order valence-corrected chi connectivity index (χ4v) is 3.89. The molecule has 206 valence electrons. The third kappa shape index (κ3) is 9.65. The Morgan fingerprint density at radius 3 is 2.41 bits per heavy atom. The van der Waals surface area contributed by atoms with Gasteiger partial charge in [0, 0.05) is 29.0 Å². The summed E-state index contributed by atoms with van der Waals surface area (Å²) >= 11 is 0. The van der Waals surface area contributed by atoms with Crippen LogP contribution in [0.15, 0.2) is 78.7 Å². The molecule has 0 amide bonds. The Balaban J connectivity index is 2.43. The molecule has 0 radical (unpaired) electrons. The monoisotopic (exact) mass is 534 g/mol. The van der Waals surface area contributed by atoms with Gasteiger partial charge in [0.1, 0.15) is 17.3 Å². The third-order valence-corrected chi connectivity index (χ3v) is 6.35. The summed E-state index contributed by atoms with van der Waals surface area (Å²) in [4.78, 5) is 37.3. The maximum atomic E-state index is 14.0. The Kier molecular flexibility index (Phi) is 11.8. The van der Waals surface area contributed by atoms with Crippen LogP contribution in [0.25, 0.3) is 5.57 Å². The number of allylic oxidation sites excluding steroid dienone is 7. The van der Waals surface area contributed by atoms with Gasteiger partial charge in [0.2, 0.25) is 0 Å². The molecule has 3 atom stereocenters. The summed E-state index contributed by atoms with van der Waals surface area (Å²) in [5.74, 6) is -1.81. The summed E-state index contributed by atoms with van der Waals surface area (Å²) in [5.41, 5.74) is 2.29. The predicted octanol–water partition coefficient (Wildman–Crippen LogP) is 5.58. The van der Waals surface area contributed by atoms with Crippen molar-refractivity contribution in [2.75, 3.05) is 7.11 Å². The van der Waals surface area contributed by atoms with Gasteiger partial charge in [-0.2, -0.15) is 10.2 Å². The molecule has 1 N–H and O–H groups in total. The van der Waals surface area contributed by atoms with Gasteiger partial charge in [-0.05, 0) is 68.5 Å². The van der Waals surface area contributed by atoms with E-state index >= 15 is 0 Å². The molecule has 2 aromatic rings. The van der Waals surface area contributed by atoms with Gasteiger partial charge in [-0.25, -0.2) is 4.39 Å². The Bertz CT molecular complexity index is 1300. The minimum Gasteiger partial charge on any atom is -0.496 e. The molecule has 0 bridgehead atoms. The topological polar surface area (TPSA) is 106 Å². The van der Waals surface area contributed by atoms with E-state index in [2.05, 4.69) is 16.8 Å². The van der Waals surface area contributed by atoms with Crippen LogP contribution in [0.5, 0.6) is 5.75 Å². The first-order valence-electron chi connectivity index (χ1n) is 12.5. The van der Waals surface area contributed by atoms with Crippen molar-refractivity contribution in [1.29, 1.82) is 0 Å². The van der Waals surface area contributed by atoms with Crippen molar-refractivity contribution in [1.82, 2.24) is 10.2 Å². The van der Waals surface area contributed by atoms with E-state index in [1.54, 1.807) is 50.4 Å². The number of methoxy groups -OCH3 is 1. The number of carbonyl (C=O) groups is 3. The van der Waals surface area contributed by atoms with Gasteiger partial charge in [-0.1, -0.05) is 37.8 Å². The number of halogens is 1. The lowest BCUT2D eigenvalue weighted by molar-refractivity contribution is -0.119. The van der Waals surface area contributed by atoms with Crippen molar-refractivity contribution in [3.05, 3.63) is 95.6 Å². The summed E-state index contributed by atoms with van der Waals surface area (Å²) in [5, 5.41) is 18.6. The first-order chi connectivity index (χ1) is 18.4. The van der Waals surface area contributed by atoms with Crippen molar-refractivity contribution >= 4 is 22.9 Å². The summed E-state index contributed by atoms with van der Waals surface area (Å²) < 4.78 is 19.3. The average molecular weight is 535 g/mol. The zero-order chi connectivity index (χ0) is 29.1. The van der Waals surface area contributed by atoms with Crippen LogP contribution in [-0.4, -0.2) is 39.8 Å². The molecule has 0 spiro atoms. The SMILES string of the molecule is C=C(/C=C/C(=C/C(CC(=O)/C(C)=C\C(C)C(C)=O)CC(O)c1cc(F)ccc1OC)C(C)=O)c1ccnnc1. The minimum atomic E-state index is -1.18. The maximum Gasteiger partial charge on any atom is 0.159 e. The first kappa shape index (κ1) is 31.2. The Morgan fingerprint density at radius 2 is 1.82 bits per heavy atom.